The molecule has 0 bridgehead atoms. The van der Waals surface area contributed by atoms with Crippen molar-refractivity contribution in [1.29, 1.82) is 0 Å². The van der Waals surface area contributed by atoms with Crippen LogP contribution < -0.4 is 0 Å². The topological polar surface area (TPSA) is 74.3 Å². The maximum absolute atomic E-state index is 13.6. The standard InChI is InChI=1S/C23H46NO6PS/c1-9-22(6,7)29-31(26,30-23(8,10-2)11-3)32-19-18-28-20(25)21(4,5)12-13-24-14-16-27-17-15-24/h9-19H2,1-8H3. The minimum Gasteiger partial charge on any atom is -0.464 e. The first-order valence-electron chi connectivity index (χ1n) is 11.9. The van der Waals surface area contributed by atoms with Gasteiger partial charge in [0.15, 0.2) is 0 Å². The fourth-order valence-electron chi connectivity index (χ4n) is 2.93. The summed E-state index contributed by atoms with van der Waals surface area (Å²) in [4.78, 5) is 15.0. The van der Waals surface area contributed by atoms with Crippen molar-refractivity contribution >= 4 is 24.1 Å². The molecule has 1 heterocycles. The molecule has 0 aromatic carbocycles. The Morgan fingerprint density at radius 1 is 1.00 bits per heavy atom. The molecule has 1 atom stereocenters. The van der Waals surface area contributed by atoms with Crippen LogP contribution in [-0.2, 0) is 27.9 Å². The van der Waals surface area contributed by atoms with Gasteiger partial charge in [0.1, 0.15) is 6.61 Å². The van der Waals surface area contributed by atoms with Crippen LogP contribution in [0.1, 0.15) is 81.1 Å². The number of carbonyl (C=O) groups excluding carboxylic acids is 1. The number of hydrogen-bond acceptors (Lipinski definition) is 8. The minimum atomic E-state index is -3.44. The summed E-state index contributed by atoms with van der Waals surface area (Å²) in [5.74, 6) is 0.121. The summed E-state index contributed by atoms with van der Waals surface area (Å²) in [6.07, 6.45) is 2.90. The Morgan fingerprint density at radius 3 is 2.12 bits per heavy atom. The van der Waals surface area contributed by atoms with Crippen molar-refractivity contribution in [2.45, 2.75) is 92.3 Å². The zero-order chi connectivity index (χ0) is 24.5. The Hall–Kier alpha value is -0.110. The third-order valence-electron chi connectivity index (χ3n) is 6.31. The van der Waals surface area contributed by atoms with Gasteiger partial charge < -0.3 is 9.47 Å². The van der Waals surface area contributed by atoms with Crippen molar-refractivity contribution in [3.05, 3.63) is 0 Å². The molecule has 0 N–H and O–H groups in total. The number of esters is 1. The first kappa shape index (κ1) is 29.9. The van der Waals surface area contributed by atoms with Crippen LogP contribution in [0.5, 0.6) is 0 Å². The minimum absolute atomic E-state index is 0.169. The summed E-state index contributed by atoms with van der Waals surface area (Å²) in [5.41, 5.74) is -1.67. The quantitative estimate of drug-likeness (QED) is 0.157. The molecule has 0 aliphatic carbocycles. The highest BCUT2D eigenvalue weighted by atomic mass is 32.7. The normalized spacial score (nSPS) is 18.4. The van der Waals surface area contributed by atoms with Crippen LogP contribution in [0.3, 0.4) is 0 Å². The Balaban J connectivity index is 2.60. The summed E-state index contributed by atoms with van der Waals surface area (Å²) in [6.45, 7) is 16.5. The van der Waals surface area contributed by atoms with Crippen molar-refractivity contribution in [3.8, 4) is 0 Å². The highest BCUT2D eigenvalue weighted by Crippen LogP contribution is 2.65. The van der Waals surface area contributed by atoms with Gasteiger partial charge in [0.25, 0.3) is 0 Å². The van der Waals surface area contributed by atoms with E-state index >= 15 is 0 Å². The number of hydrogen-bond donors (Lipinski definition) is 0. The maximum atomic E-state index is 13.6. The smallest absolute Gasteiger partial charge is 0.390 e. The molecule has 0 aromatic heterocycles. The number of ether oxygens (including phenoxy) is 2. The van der Waals surface area contributed by atoms with E-state index in [9.17, 15) is 9.36 Å². The van der Waals surface area contributed by atoms with Crippen molar-refractivity contribution in [2.24, 2.45) is 5.41 Å². The molecule has 9 heteroatoms. The Morgan fingerprint density at radius 2 is 1.59 bits per heavy atom. The molecule has 1 aliphatic heterocycles. The first-order chi connectivity index (χ1) is 14.8. The largest absolute Gasteiger partial charge is 0.464 e. The maximum Gasteiger partial charge on any atom is 0.390 e. The van der Waals surface area contributed by atoms with Crippen LogP contribution in [0.2, 0.25) is 0 Å². The second-order valence-electron chi connectivity index (χ2n) is 9.96. The average Bonchev–Trinajstić information content (AvgIpc) is 2.75. The van der Waals surface area contributed by atoms with Crippen LogP contribution in [-0.4, -0.2) is 67.3 Å². The van der Waals surface area contributed by atoms with Crippen LogP contribution >= 0.6 is 18.2 Å². The predicted molar refractivity (Wildman–Crippen MR) is 132 cm³/mol. The molecule has 1 aliphatic rings. The lowest BCUT2D eigenvalue weighted by atomic mass is 9.89. The monoisotopic (exact) mass is 495 g/mol. The molecule has 0 aromatic rings. The van der Waals surface area contributed by atoms with E-state index in [2.05, 4.69) is 4.90 Å². The SMILES string of the molecule is CCC(C)(C)OP(=O)(OC(C)(CC)CC)SCCOC(=O)C(C)(C)CCN1CCOCC1. The molecular formula is C23H46NO6PS. The van der Waals surface area contributed by atoms with Crippen LogP contribution in [0.15, 0.2) is 0 Å². The number of carbonyl (C=O) groups is 1. The molecule has 1 fully saturated rings. The van der Waals surface area contributed by atoms with E-state index < -0.39 is 23.4 Å². The number of rotatable bonds is 15. The lowest BCUT2D eigenvalue weighted by Crippen LogP contribution is -2.39. The third kappa shape index (κ3) is 10.4. The fraction of sp³-hybridized carbons (Fsp3) is 0.957. The Bertz CT molecular complexity index is 618. The van der Waals surface area contributed by atoms with E-state index in [0.717, 1.165) is 63.5 Å². The van der Waals surface area contributed by atoms with Gasteiger partial charge in [0.05, 0.1) is 29.8 Å². The highest BCUT2D eigenvalue weighted by molar-refractivity contribution is 8.55. The molecule has 0 amide bonds. The molecule has 0 spiro atoms. The van der Waals surface area contributed by atoms with E-state index in [1.807, 2.05) is 55.4 Å². The average molecular weight is 496 g/mol. The molecule has 1 saturated heterocycles. The van der Waals surface area contributed by atoms with Gasteiger partial charge in [-0.05, 0) is 78.2 Å². The Labute approximate surface area is 199 Å². The lowest BCUT2D eigenvalue weighted by Gasteiger charge is -2.35. The lowest BCUT2D eigenvalue weighted by molar-refractivity contribution is -0.154. The fourth-order valence-corrected chi connectivity index (χ4v) is 7.34. The van der Waals surface area contributed by atoms with Gasteiger partial charge in [-0.2, -0.15) is 0 Å². The van der Waals surface area contributed by atoms with Crippen LogP contribution in [0.25, 0.3) is 0 Å². The summed E-state index contributed by atoms with van der Waals surface area (Å²) in [7, 11) is 0. The summed E-state index contributed by atoms with van der Waals surface area (Å²) in [5, 5.41) is 0. The zero-order valence-electron chi connectivity index (χ0n) is 21.5. The van der Waals surface area contributed by atoms with Crippen molar-refractivity contribution in [3.63, 3.8) is 0 Å². The molecule has 1 rings (SSSR count). The van der Waals surface area contributed by atoms with Gasteiger partial charge in [0.2, 0.25) is 0 Å². The first-order valence-corrected chi connectivity index (χ1v) is 15.1. The van der Waals surface area contributed by atoms with Crippen molar-refractivity contribution < 1.29 is 27.9 Å². The molecule has 1 unspecified atom stereocenters. The summed E-state index contributed by atoms with van der Waals surface area (Å²) >= 11 is 1.12. The van der Waals surface area contributed by atoms with E-state index in [-0.39, 0.29) is 12.6 Å². The molecule has 7 nitrogen and oxygen atoms in total. The van der Waals surface area contributed by atoms with Gasteiger partial charge in [-0.15, -0.1) is 0 Å². The van der Waals surface area contributed by atoms with Crippen LogP contribution in [0, 0.1) is 5.41 Å². The van der Waals surface area contributed by atoms with Crippen molar-refractivity contribution in [1.82, 2.24) is 4.90 Å². The van der Waals surface area contributed by atoms with Gasteiger partial charge in [-0.25, -0.2) is 4.57 Å². The third-order valence-corrected chi connectivity index (χ3v) is 10.3. The highest BCUT2D eigenvalue weighted by Gasteiger charge is 2.39. The molecule has 0 radical (unpaired) electrons. The Kier molecular flexibility index (Phi) is 12.3. The van der Waals surface area contributed by atoms with Gasteiger partial charge in [-0.3, -0.25) is 18.7 Å². The predicted octanol–water partition coefficient (Wildman–Crippen LogP) is 5.92. The van der Waals surface area contributed by atoms with E-state index in [1.54, 1.807) is 0 Å². The second kappa shape index (κ2) is 13.1. The number of nitrogens with zero attached hydrogens (tertiary/aromatic N) is 1. The molecule has 32 heavy (non-hydrogen) atoms. The number of morpholine rings is 1. The van der Waals surface area contributed by atoms with Crippen LogP contribution in [0.4, 0.5) is 0 Å². The van der Waals surface area contributed by atoms with Gasteiger partial charge in [0, 0.05) is 18.8 Å². The summed E-state index contributed by atoms with van der Waals surface area (Å²) in [6, 6.07) is 0. The molecular weight excluding hydrogens is 449 g/mol. The zero-order valence-corrected chi connectivity index (χ0v) is 23.2. The van der Waals surface area contributed by atoms with E-state index in [1.165, 1.54) is 0 Å². The molecule has 190 valence electrons. The van der Waals surface area contributed by atoms with Crippen molar-refractivity contribution in [2.75, 3.05) is 45.2 Å². The van der Waals surface area contributed by atoms with Gasteiger partial charge >= 0.3 is 12.8 Å². The van der Waals surface area contributed by atoms with E-state index in [4.69, 9.17) is 18.5 Å². The summed E-state index contributed by atoms with van der Waals surface area (Å²) < 4.78 is 36.6. The van der Waals surface area contributed by atoms with Gasteiger partial charge in [-0.1, -0.05) is 20.8 Å². The molecule has 0 saturated carbocycles. The second-order valence-corrected chi connectivity index (χ2v) is 14.0. The van der Waals surface area contributed by atoms with E-state index in [0.29, 0.717) is 12.2 Å².